The van der Waals surface area contributed by atoms with Gasteiger partial charge in [-0.3, -0.25) is 9.97 Å². The summed E-state index contributed by atoms with van der Waals surface area (Å²) < 4.78 is 0. The third kappa shape index (κ3) is 2.65. The minimum Gasteiger partial charge on any atom is -0.308 e. The Morgan fingerprint density at radius 2 is 2.26 bits per heavy atom. The lowest BCUT2D eigenvalue weighted by Crippen LogP contribution is -2.30. The summed E-state index contributed by atoms with van der Waals surface area (Å²) in [5, 5.41) is 4.05. The van der Waals surface area contributed by atoms with E-state index in [4.69, 9.17) is 0 Å². The molecule has 0 spiro atoms. The first-order valence-corrected chi connectivity index (χ1v) is 7.50. The van der Waals surface area contributed by atoms with Crippen LogP contribution >= 0.6 is 11.8 Å². The van der Waals surface area contributed by atoms with E-state index >= 15 is 0 Å². The quantitative estimate of drug-likeness (QED) is 0.928. The van der Waals surface area contributed by atoms with Crippen molar-refractivity contribution in [2.75, 3.05) is 6.54 Å². The van der Waals surface area contributed by atoms with Gasteiger partial charge in [0.25, 0.3) is 0 Å². The third-order valence-electron chi connectivity index (χ3n) is 3.37. The minimum atomic E-state index is 0.260. The summed E-state index contributed by atoms with van der Waals surface area (Å²) >= 11 is 1.95. The van der Waals surface area contributed by atoms with E-state index in [-0.39, 0.29) is 6.04 Å². The molecule has 2 heterocycles. The Labute approximate surface area is 117 Å². The largest absolute Gasteiger partial charge is 0.308 e. The van der Waals surface area contributed by atoms with E-state index in [0.29, 0.717) is 5.25 Å². The van der Waals surface area contributed by atoms with Crippen molar-refractivity contribution in [1.29, 1.82) is 0 Å². The van der Waals surface area contributed by atoms with Crippen LogP contribution in [0.5, 0.6) is 0 Å². The van der Waals surface area contributed by atoms with Crippen molar-refractivity contribution in [3.63, 3.8) is 0 Å². The Bertz CT molecular complexity index is 519. The van der Waals surface area contributed by atoms with Crippen LogP contribution < -0.4 is 5.32 Å². The van der Waals surface area contributed by atoms with Gasteiger partial charge in [0.2, 0.25) is 0 Å². The lowest BCUT2D eigenvalue weighted by Gasteiger charge is -2.22. The van der Waals surface area contributed by atoms with Gasteiger partial charge in [0, 0.05) is 22.5 Å². The predicted octanol–water partition coefficient (Wildman–Crippen LogP) is 2.84. The standard InChI is InChI=1S/C15H17N3S/c1-2-17-15(12-10-16-7-8-18-12)14-9-11-5-3-4-6-13(11)19-14/h3-8,10,14-15,17H,2,9H2,1H3. The Morgan fingerprint density at radius 3 is 3.00 bits per heavy atom. The van der Waals surface area contributed by atoms with Crippen molar-refractivity contribution in [1.82, 2.24) is 15.3 Å². The molecule has 98 valence electrons. The van der Waals surface area contributed by atoms with Gasteiger partial charge >= 0.3 is 0 Å². The fourth-order valence-corrected chi connectivity index (χ4v) is 3.93. The van der Waals surface area contributed by atoms with Crippen molar-refractivity contribution in [2.24, 2.45) is 0 Å². The van der Waals surface area contributed by atoms with Gasteiger partial charge in [-0.25, -0.2) is 0 Å². The smallest absolute Gasteiger partial charge is 0.0767 e. The first-order chi connectivity index (χ1) is 9.38. The molecule has 0 saturated heterocycles. The zero-order valence-corrected chi connectivity index (χ0v) is 11.7. The number of hydrogen-bond donors (Lipinski definition) is 1. The highest BCUT2D eigenvalue weighted by atomic mass is 32.2. The highest BCUT2D eigenvalue weighted by Gasteiger charge is 2.30. The average Bonchev–Trinajstić information content (AvgIpc) is 2.89. The van der Waals surface area contributed by atoms with Gasteiger partial charge in [0.05, 0.1) is 17.9 Å². The maximum atomic E-state index is 4.47. The first kappa shape index (κ1) is 12.6. The fourth-order valence-electron chi connectivity index (χ4n) is 2.51. The summed E-state index contributed by atoms with van der Waals surface area (Å²) in [5.41, 5.74) is 2.49. The number of rotatable bonds is 4. The fraction of sp³-hybridized carbons (Fsp3) is 0.333. The molecule has 3 nitrogen and oxygen atoms in total. The van der Waals surface area contributed by atoms with E-state index in [1.807, 2.05) is 18.0 Å². The van der Waals surface area contributed by atoms with Crippen molar-refractivity contribution in [2.45, 2.75) is 29.5 Å². The SMILES string of the molecule is CCNC(c1cnccn1)C1Cc2ccccc2S1. The van der Waals surface area contributed by atoms with Crippen LogP contribution in [0.3, 0.4) is 0 Å². The van der Waals surface area contributed by atoms with E-state index in [1.54, 1.807) is 12.4 Å². The van der Waals surface area contributed by atoms with Crippen molar-refractivity contribution < 1.29 is 0 Å². The van der Waals surface area contributed by atoms with Gasteiger partial charge in [-0.2, -0.15) is 0 Å². The lowest BCUT2D eigenvalue weighted by molar-refractivity contribution is 0.518. The van der Waals surface area contributed by atoms with Crippen LogP contribution in [0.25, 0.3) is 0 Å². The Morgan fingerprint density at radius 1 is 1.37 bits per heavy atom. The van der Waals surface area contributed by atoms with E-state index in [0.717, 1.165) is 18.7 Å². The second-order valence-electron chi connectivity index (χ2n) is 4.63. The number of thioether (sulfide) groups is 1. The van der Waals surface area contributed by atoms with Gasteiger partial charge in [-0.15, -0.1) is 11.8 Å². The molecule has 2 atom stereocenters. The molecule has 0 fully saturated rings. The third-order valence-corrected chi connectivity index (χ3v) is 4.76. The number of fused-ring (bicyclic) bond motifs is 1. The summed E-state index contributed by atoms with van der Waals surface area (Å²) in [6.07, 6.45) is 6.46. The van der Waals surface area contributed by atoms with Crippen molar-refractivity contribution >= 4 is 11.8 Å². The van der Waals surface area contributed by atoms with E-state index < -0.39 is 0 Å². The molecule has 1 aliphatic heterocycles. The molecule has 0 bridgehead atoms. The van der Waals surface area contributed by atoms with Crippen molar-refractivity contribution in [3.05, 3.63) is 54.1 Å². The van der Waals surface area contributed by atoms with Gasteiger partial charge in [-0.1, -0.05) is 25.1 Å². The Balaban J connectivity index is 1.84. The molecule has 0 amide bonds. The van der Waals surface area contributed by atoms with Crippen molar-refractivity contribution in [3.8, 4) is 0 Å². The molecule has 2 aromatic rings. The van der Waals surface area contributed by atoms with Crippen LogP contribution in [-0.4, -0.2) is 21.8 Å². The van der Waals surface area contributed by atoms with Gasteiger partial charge in [0.1, 0.15) is 0 Å². The van der Waals surface area contributed by atoms with Crippen LogP contribution in [0.15, 0.2) is 47.8 Å². The maximum Gasteiger partial charge on any atom is 0.0767 e. The van der Waals surface area contributed by atoms with Crippen LogP contribution in [0.2, 0.25) is 0 Å². The molecule has 1 N–H and O–H groups in total. The normalized spacial score (nSPS) is 19.1. The molecule has 0 radical (unpaired) electrons. The highest BCUT2D eigenvalue weighted by Crippen LogP contribution is 2.41. The van der Waals surface area contributed by atoms with Crippen LogP contribution in [0.1, 0.15) is 24.2 Å². The molecule has 0 aliphatic carbocycles. The average molecular weight is 271 g/mol. The molecule has 1 aromatic carbocycles. The van der Waals surface area contributed by atoms with Gasteiger partial charge < -0.3 is 5.32 Å². The van der Waals surface area contributed by atoms with Gasteiger partial charge in [0.15, 0.2) is 0 Å². The molecule has 4 heteroatoms. The van der Waals surface area contributed by atoms with Gasteiger partial charge in [-0.05, 0) is 24.6 Å². The minimum absolute atomic E-state index is 0.260. The van der Waals surface area contributed by atoms with Crippen LogP contribution in [0, 0.1) is 0 Å². The second-order valence-corrected chi connectivity index (χ2v) is 5.91. The van der Waals surface area contributed by atoms with E-state index in [9.17, 15) is 0 Å². The monoisotopic (exact) mass is 271 g/mol. The molecule has 1 aliphatic rings. The predicted molar refractivity (Wildman–Crippen MR) is 78.2 cm³/mol. The van der Waals surface area contributed by atoms with Crippen LogP contribution in [0.4, 0.5) is 0 Å². The molecular formula is C15H17N3S. The van der Waals surface area contributed by atoms with E-state index in [1.165, 1.54) is 10.5 Å². The zero-order chi connectivity index (χ0) is 13.1. The molecule has 19 heavy (non-hydrogen) atoms. The summed E-state index contributed by atoms with van der Waals surface area (Å²) in [6, 6.07) is 8.92. The Hall–Kier alpha value is -1.39. The zero-order valence-electron chi connectivity index (χ0n) is 10.9. The van der Waals surface area contributed by atoms with E-state index in [2.05, 4.69) is 46.5 Å². The Kier molecular flexibility index (Phi) is 3.80. The lowest BCUT2D eigenvalue weighted by atomic mass is 10.0. The maximum absolute atomic E-state index is 4.47. The summed E-state index contributed by atoms with van der Waals surface area (Å²) in [7, 11) is 0. The number of nitrogens with zero attached hydrogens (tertiary/aromatic N) is 2. The number of hydrogen-bond acceptors (Lipinski definition) is 4. The molecule has 2 unspecified atom stereocenters. The summed E-state index contributed by atoms with van der Waals surface area (Å²) in [5.74, 6) is 0. The summed E-state index contributed by atoms with van der Waals surface area (Å²) in [6.45, 7) is 3.07. The number of aromatic nitrogens is 2. The molecule has 0 saturated carbocycles. The van der Waals surface area contributed by atoms with Crippen LogP contribution in [-0.2, 0) is 6.42 Å². The molecular weight excluding hydrogens is 254 g/mol. The second kappa shape index (κ2) is 5.72. The first-order valence-electron chi connectivity index (χ1n) is 6.62. The topological polar surface area (TPSA) is 37.8 Å². The number of nitrogens with one attached hydrogen (secondary N) is 1. The number of benzene rings is 1. The molecule has 1 aromatic heterocycles. The summed E-state index contributed by atoms with van der Waals surface area (Å²) in [4.78, 5) is 10.1. The highest BCUT2D eigenvalue weighted by molar-refractivity contribution is 8.00. The molecule has 3 rings (SSSR count).